The van der Waals surface area contributed by atoms with E-state index in [-0.39, 0.29) is 5.92 Å². The predicted octanol–water partition coefficient (Wildman–Crippen LogP) is 2.04. The molecule has 0 aliphatic heterocycles. The molecule has 0 aromatic carbocycles. The molecule has 2 N–H and O–H groups in total. The second-order valence-corrected chi connectivity index (χ2v) is 3.77. The minimum absolute atomic E-state index is 0.233. The second kappa shape index (κ2) is 4.62. The molecule has 0 radical (unpaired) electrons. The Labute approximate surface area is 92.9 Å². The van der Waals surface area contributed by atoms with Crippen LogP contribution in [-0.4, -0.2) is 11.2 Å². The van der Waals surface area contributed by atoms with Crippen LogP contribution in [0.2, 0.25) is 0 Å². The number of hydrogen-bond donors (Lipinski definition) is 2. The maximum atomic E-state index is 7.35. The molecule has 2 nitrogen and oxygen atoms in total. The van der Waals surface area contributed by atoms with Gasteiger partial charge in [-0.3, -0.25) is 0 Å². The average molecular weight is 234 g/mol. The van der Waals surface area contributed by atoms with Crippen LogP contribution >= 0.6 is 0 Å². The maximum absolute atomic E-state index is 7.35. The molecule has 0 aliphatic rings. The molecule has 0 bridgehead atoms. The summed E-state index contributed by atoms with van der Waals surface area (Å²) >= 11 is 4.46. The van der Waals surface area contributed by atoms with E-state index in [1.807, 2.05) is 6.08 Å². The van der Waals surface area contributed by atoms with E-state index >= 15 is 0 Å². The molecule has 0 saturated heterocycles. The van der Waals surface area contributed by atoms with Crippen LogP contribution in [0.25, 0.3) is 0 Å². The quantitative estimate of drug-likeness (QED) is 0.591. The number of aromatic nitrogens is 1. The predicted molar refractivity (Wildman–Crippen MR) is 56.3 cm³/mol. The normalized spacial score (nSPS) is 12.6. The summed E-state index contributed by atoms with van der Waals surface area (Å²) in [6.45, 7) is 7.88. The molecule has 1 atom stereocenters. The number of allylic oxidation sites excluding steroid dienone is 1. The van der Waals surface area contributed by atoms with Gasteiger partial charge in [-0.1, -0.05) is 0 Å². The Morgan fingerprint density at radius 2 is 2.29 bits per heavy atom. The molecule has 0 amide bonds. The summed E-state index contributed by atoms with van der Waals surface area (Å²) in [6, 6.07) is 0. The van der Waals surface area contributed by atoms with Gasteiger partial charge < -0.3 is 0 Å². The van der Waals surface area contributed by atoms with E-state index in [9.17, 15) is 0 Å². The summed E-state index contributed by atoms with van der Waals surface area (Å²) in [5, 5.41) is 7.35. The molecule has 3 heteroatoms. The van der Waals surface area contributed by atoms with Gasteiger partial charge in [-0.05, 0) is 0 Å². The Balaban J connectivity index is 3.28. The molecule has 78 valence electrons. The van der Waals surface area contributed by atoms with Gasteiger partial charge in [0.2, 0.25) is 0 Å². The molecule has 14 heavy (non-hydrogen) atoms. The van der Waals surface area contributed by atoms with Gasteiger partial charge >= 0.3 is 92.6 Å². The van der Waals surface area contributed by atoms with Crippen molar-refractivity contribution in [2.24, 2.45) is 0 Å². The van der Waals surface area contributed by atoms with Crippen molar-refractivity contribution in [3.05, 3.63) is 29.6 Å². The third kappa shape index (κ3) is 1.83. The van der Waals surface area contributed by atoms with Crippen molar-refractivity contribution in [1.29, 1.82) is 5.41 Å². The number of H-pyrrole nitrogens is 1. The number of hydrogen-bond acceptors (Lipinski definition) is 1. The van der Waals surface area contributed by atoms with Gasteiger partial charge in [0.05, 0.1) is 0 Å². The molecule has 0 spiro atoms. The zero-order valence-electron chi connectivity index (χ0n) is 8.48. The van der Waals surface area contributed by atoms with Gasteiger partial charge in [-0.25, -0.2) is 0 Å². The standard InChI is InChI=1S/C11H15N2.Co/c1-4-8(3)11-9(7-12)6-10(5-2)13-11;/h4,7-8,12-13H,1,5H2,2-3H3;. The molecular weight excluding hydrogens is 219 g/mol. The first-order chi connectivity index (χ1) is 6.65. The Kier molecular flexibility index (Phi) is 3.72. The summed E-state index contributed by atoms with van der Waals surface area (Å²) in [5.41, 5.74) is 3.01. The fourth-order valence-electron chi connectivity index (χ4n) is 1.41. The van der Waals surface area contributed by atoms with Crippen LogP contribution in [0, 0.1) is 5.41 Å². The third-order valence-electron chi connectivity index (χ3n) is 2.36. The van der Waals surface area contributed by atoms with Crippen LogP contribution in [0.3, 0.4) is 0 Å². The second-order valence-electron chi connectivity index (χ2n) is 3.24. The number of rotatable bonds is 4. The first-order valence-electron chi connectivity index (χ1n) is 4.66. The fraction of sp³-hybridized carbons (Fsp3) is 0.364. The van der Waals surface area contributed by atoms with Gasteiger partial charge in [0.15, 0.2) is 0 Å². The van der Waals surface area contributed by atoms with Crippen LogP contribution < -0.4 is 4.50 Å². The van der Waals surface area contributed by atoms with E-state index in [0.29, 0.717) is 0 Å². The molecule has 1 unspecified atom stereocenters. The number of aromatic amines is 1. The molecule has 1 rings (SSSR count). The molecule has 0 saturated carbocycles. The van der Waals surface area contributed by atoms with Crippen LogP contribution in [0.5, 0.6) is 0 Å². The average Bonchev–Trinajstić information content (AvgIpc) is 2.53. The van der Waals surface area contributed by atoms with Crippen molar-refractivity contribution < 1.29 is 15.7 Å². The summed E-state index contributed by atoms with van der Waals surface area (Å²) in [7, 11) is 0. The number of aryl methyl sites for hydroxylation is 1. The fourth-order valence-corrected chi connectivity index (χ4v) is 1.87. The van der Waals surface area contributed by atoms with Crippen LogP contribution in [0.1, 0.15) is 36.7 Å². The molecular formula is C11H15CoN2. The van der Waals surface area contributed by atoms with Crippen molar-refractivity contribution in [3.63, 3.8) is 0 Å². The van der Waals surface area contributed by atoms with Crippen molar-refractivity contribution in [3.8, 4) is 0 Å². The van der Waals surface area contributed by atoms with Crippen LogP contribution in [0.4, 0.5) is 0 Å². The zero-order valence-corrected chi connectivity index (χ0v) is 9.52. The van der Waals surface area contributed by atoms with Crippen LogP contribution in [0.15, 0.2) is 12.7 Å². The van der Waals surface area contributed by atoms with E-state index in [1.54, 1.807) is 0 Å². The van der Waals surface area contributed by atoms with Gasteiger partial charge in [-0.15, -0.1) is 0 Å². The van der Waals surface area contributed by atoms with E-state index < -0.39 is 0 Å². The molecule has 0 aliphatic carbocycles. The van der Waals surface area contributed by atoms with Gasteiger partial charge in [0, 0.05) is 0 Å². The summed E-state index contributed by atoms with van der Waals surface area (Å²) < 4.78 is 0.888. The Hall–Kier alpha value is -0.804. The monoisotopic (exact) mass is 234 g/mol. The Morgan fingerprint density at radius 1 is 1.64 bits per heavy atom. The van der Waals surface area contributed by atoms with Gasteiger partial charge in [0.25, 0.3) is 0 Å². The Bertz CT molecular complexity index is 352. The first-order valence-corrected chi connectivity index (χ1v) is 5.18. The van der Waals surface area contributed by atoms with E-state index in [4.69, 9.17) is 5.41 Å². The van der Waals surface area contributed by atoms with E-state index in [2.05, 4.69) is 41.1 Å². The topological polar surface area (TPSA) is 39.6 Å². The van der Waals surface area contributed by atoms with Gasteiger partial charge in [-0.2, -0.15) is 0 Å². The summed E-state index contributed by atoms with van der Waals surface area (Å²) in [4.78, 5) is 3.30. The van der Waals surface area contributed by atoms with Crippen molar-refractivity contribution in [1.82, 2.24) is 4.98 Å². The molecule has 1 heterocycles. The minimum atomic E-state index is 0.233. The summed E-state index contributed by atoms with van der Waals surface area (Å²) in [6.07, 6.45) is 4.12. The van der Waals surface area contributed by atoms with Crippen molar-refractivity contribution in [2.75, 3.05) is 0 Å². The van der Waals surface area contributed by atoms with Crippen molar-refractivity contribution in [2.45, 2.75) is 26.2 Å². The molecule has 1 aromatic heterocycles. The summed E-state index contributed by atoms with van der Waals surface area (Å²) in [5.74, 6) is 0.233. The Morgan fingerprint density at radius 3 is 2.71 bits per heavy atom. The molecule has 0 fully saturated rings. The first kappa shape index (κ1) is 11.3. The molecule has 1 aromatic rings. The van der Waals surface area contributed by atoms with E-state index in [0.717, 1.165) is 27.9 Å². The van der Waals surface area contributed by atoms with E-state index in [1.165, 1.54) is 6.21 Å². The zero-order chi connectivity index (χ0) is 10.7. The van der Waals surface area contributed by atoms with Gasteiger partial charge in [0.1, 0.15) is 0 Å². The van der Waals surface area contributed by atoms with Crippen molar-refractivity contribution >= 4 is 10.7 Å². The number of nitrogens with one attached hydrogen (secondary N) is 2. The third-order valence-corrected chi connectivity index (χ3v) is 2.95. The van der Waals surface area contributed by atoms with Crippen LogP contribution in [-0.2, 0) is 22.2 Å². The SMILES string of the molecule is C=CC(C)c1[nH]c(CC)[c]([Co])c1C=N.